The van der Waals surface area contributed by atoms with Gasteiger partial charge in [0.05, 0.1) is 5.41 Å². The van der Waals surface area contributed by atoms with Gasteiger partial charge < -0.3 is 5.32 Å². The van der Waals surface area contributed by atoms with Crippen molar-refractivity contribution in [2.24, 2.45) is 5.41 Å². The molecular formula is C17H23N5O. The van der Waals surface area contributed by atoms with E-state index in [2.05, 4.69) is 71.0 Å². The second kappa shape index (κ2) is 5.76. The summed E-state index contributed by atoms with van der Waals surface area (Å²) < 4.78 is 0. The summed E-state index contributed by atoms with van der Waals surface area (Å²) in [5, 5.41) is 16.9. The average molecular weight is 313 g/mol. The molecule has 23 heavy (non-hydrogen) atoms. The Balaban J connectivity index is 1.62. The molecule has 0 saturated heterocycles. The molecule has 1 atom stereocenters. The summed E-state index contributed by atoms with van der Waals surface area (Å²) in [7, 11) is 0. The molecule has 2 aromatic rings. The number of nitrogens with zero attached hydrogens (tertiary/aromatic N) is 3. The number of H-pyrrole nitrogens is 1. The van der Waals surface area contributed by atoms with Gasteiger partial charge in [0, 0.05) is 13.0 Å². The number of carbonyl (C=O) groups excluding carboxylic acids is 1. The first-order valence-corrected chi connectivity index (χ1v) is 8.03. The van der Waals surface area contributed by atoms with Crippen molar-refractivity contribution in [3.63, 3.8) is 0 Å². The molecular weight excluding hydrogens is 290 g/mol. The second-order valence-electron chi connectivity index (χ2n) is 7.02. The molecule has 1 aromatic heterocycles. The van der Waals surface area contributed by atoms with Gasteiger partial charge in [0.15, 0.2) is 5.82 Å². The zero-order chi connectivity index (χ0) is 16.5. The predicted octanol–water partition coefficient (Wildman–Crippen LogP) is 1.92. The van der Waals surface area contributed by atoms with Gasteiger partial charge in [-0.25, -0.2) is 0 Å². The molecule has 1 amide bonds. The molecule has 2 N–H and O–H groups in total. The highest BCUT2D eigenvalue weighted by molar-refractivity contribution is 5.93. The Hall–Kier alpha value is -2.24. The van der Waals surface area contributed by atoms with E-state index in [1.807, 2.05) is 0 Å². The number of aromatic nitrogens is 4. The Morgan fingerprint density at radius 2 is 2.00 bits per heavy atom. The number of hydrogen-bond donors (Lipinski definition) is 2. The number of aromatic amines is 1. The maximum atomic E-state index is 12.8. The zero-order valence-corrected chi connectivity index (χ0v) is 13.9. The molecule has 1 saturated carbocycles. The summed E-state index contributed by atoms with van der Waals surface area (Å²) in [4.78, 5) is 12.8. The molecule has 0 radical (unpaired) electrons. The Bertz CT molecular complexity index is 678. The minimum absolute atomic E-state index is 0.0000104. The number of benzene rings is 1. The maximum Gasteiger partial charge on any atom is 0.231 e. The molecule has 0 spiro atoms. The van der Waals surface area contributed by atoms with Crippen LogP contribution in [-0.4, -0.2) is 33.1 Å². The minimum atomic E-state index is -0.396. The molecule has 6 heteroatoms. The number of hydrogen-bond acceptors (Lipinski definition) is 4. The second-order valence-corrected chi connectivity index (χ2v) is 7.02. The lowest BCUT2D eigenvalue weighted by atomic mass is 9.86. The van der Waals surface area contributed by atoms with E-state index in [0.717, 1.165) is 18.4 Å². The van der Waals surface area contributed by atoms with Crippen LogP contribution in [0.2, 0.25) is 0 Å². The van der Waals surface area contributed by atoms with E-state index in [1.165, 1.54) is 5.56 Å². The van der Waals surface area contributed by atoms with Gasteiger partial charge >= 0.3 is 0 Å². The fourth-order valence-corrected chi connectivity index (χ4v) is 3.36. The van der Waals surface area contributed by atoms with Crippen molar-refractivity contribution in [2.45, 2.75) is 45.4 Å². The van der Waals surface area contributed by atoms with Crippen molar-refractivity contribution in [2.75, 3.05) is 6.54 Å². The van der Waals surface area contributed by atoms with Crippen molar-refractivity contribution in [1.82, 2.24) is 25.9 Å². The normalized spacial score (nSPS) is 21.9. The Labute approximate surface area is 136 Å². The first kappa shape index (κ1) is 15.6. The van der Waals surface area contributed by atoms with Gasteiger partial charge in [0.1, 0.15) is 0 Å². The third kappa shape index (κ3) is 2.85. The molecule has 1 aliphatic rings. The van der Waals surface area contributed by atoms with Crippen LogP contribution in [0.1, 0.15) is 43.6 Å². The molecule has 1 aromatic carbocycles. The molecule has 1 fully saturated rings. The van der Waals surface area contributed by atoms with E-state index in [1.54, 1.807) is 0 Å². The zero-order valence-electron chi connectivity index (χ0n) is 13.9. The van der Waals surface area contributed by atoms with Gasteiger partial charge in [-0.15, -0.1) is 10.2 Å². The lowest BCUT2D eigenvalue weighted by Gasteiger charge is -2.21. The molecule has 122 valence electrons. The maximum absolute atomic E-state index is 12.8. The van der Waals surface area contributed by atoms with E-state index in [0.29, 0.717) is 18.8 Å². The SMILES string of the molecule is Cc1ccc([C@]2(C(=O)NCCCc3nn[nH]n3)CC2(C)C)cc1. The number of amides is 1. The van der Waals surface area contributed by atoms with Crippen LogP contribution in [-0.2, 0) is 16.6 Å². The van der Waals surface area contributed by atoms with Crippen LogP contribution in [0.5, 0.6) is 0 Å². The highest BCUT2D eigenvalue weighted by Crippen LogP contribution is 2.64. The number of nitrogens with one attached hydrogen (secondary N) is 2. The van der Waals surface area contributed by atoms with Crippen molar-refractivity contribution in [3.05, 3.63) is 41.2 Å². The number of carbonyl (C=O) groups is 1. The molecule has 3 rings (SSSR count). The molecule has 0 unspecified atom stereocenters. The summed E-state index contributed by atoms with van der Waals surface area (Å²) in [6, 6.07) is 8.33. The molecule has 0 aliphatic heterocycles. The van der Waals surface area contributed by atoms with Crippen LogP contribution < -0.4 is 5.32 Å². The Morgan fingerprint density at radius 3 is 2.57 bits per heavy atom. The number of tetrazole rings is 1. The van der Waals surface area contributed by atoms with Crippen LogP contribution in [0.4, 0.5) is 0 Å². The van der Waals surface area contributed by atoms with E-state index < -0.39 is 5.41 Å². The van der Waals surface area contributed by atoms with Crippen LogP contribution in [0.15, 0.2) is 24.3 Å². The first-order chi connectivity index (χ1) is 11.0. The standard InChI is InChI=1S/C17H23N5O/c1-12-6-8-13(9-7-12)17(11-16(17,2)3)15(23)18-10-4-5-14-19-21-22-20-14/h6-9H,4-5,10-11H2,1-3H3,(H,18,23)(H,19,20,21,22)/t17-/m0/s1. The molecule has 6 nitrogen and oxygen atoms in total. The van der Waals surface area contributed by atoms with E-state index in [9.17, 15) is 4.79 Å². The monoisotopic (exact) mass is 313 g/mol. The van der Waals surface area contributed by atoms with E-state index in [-0.39, 0.29) is 11.3 Å². The van der Waals surface area contributed by atoms with Gasteiger partial charge in [0.25, 0.3) is 0 Å². The lowest BCUT2D eigenvalue weighted by Crippen LogP contribution is -2.38. The van der Waals surface area contributed by atoms with Crippen molar-refractivity contribution in [1.29, 1.82) is 0 Å². The third-order valence-electron chi connectivity index (χ3n) is 4.92. The van der Waals surface area contributed by atoms with Crippen LogP contribution >= 0.6 is 0 Å². The fraction of sp³-hybridized carbons (Fsp3) is 0.529. The van der Waals surface area contributed by atoms with Gasteiger partial charge in [-0.1, -0.05) is 48.9 Å². The Morgan fingerprint density at radius 1 is 1.30 bits per heavy atom. The third-order valence-corrected chi connectivity index (χ3v) is 4.92. The largest absolute Gasteiger partial charge is 0.355 e. The average Bonchev–Trinajstić information content (AvgIpc) is 2.88. The van der Waals surface area contributed by atoms with Crippen molar-refractivity contribution >= 4 is 5.91 Å². The van der Waals surface area contributed by atoms with Gasteiger partial charge in [0.2, 0.25) is 5.91 Å². The lowest BCUT2D eigenvalue weighted by molar-refractivity contribution is -0.124. The van der Waals surface area contributed by atoms with Gasteiger partial charge in [-0.05, 0) is 30.7 Å². The Kier molecular flexibility index (Phi) is 3.92. The van der Waals surface area contributed by atoms with Crippen LogP contribution in [0.3, 0.4) is 0 Å². The molecule has 0 bridgehead atoms. The van der Waals surface area contributed by atoms with Crippen molar-refractivity contribution in [3.8, 4) is 0 Å². The topological polar surface area (TPSA) is 83.6 Å². The van der Waals surface area contributed by atoms with Gasteiger partial charge in [-0.3, -0.25) is 4.79 Å². The molecule has 1 heterocycles. The highest BCUT2D eigenvalue weighted by atomic mass is 16.2. The number of rotatable bonds is 6. The predicted molar refractivity (Wildman–Crippen MR) is 86.8 cm³/mol. The number of aryl methyl sites for hydroxylation is 2. The van der Waals surface area contributed by atoms with E-state index in [4.69, 9.17) is 0 Å². The van der Waals surface area contributed by atoms with Crippen LogP contribution in [0, 0.1) is 12.3 Å². The smallest absolute Gasteiger partial charge is 0.231 e. The van der Waals surface area contributed by atoms with E-state index >= 15 is 0 Å². The van der Waals surface area contributed by atoms with Crippen LogP contribution in [0.25, 0.3) is 0 Å². The quantitative estimate of drug-likeness (QED) is 0.798. The van der Waals surface area contributed by atoms with Gasteiger partial charge in [-0.2, -0.15) is 5.21 Å². The summed E-state index contributed by atoms with van der Waals surface area (Å²) in [6.45, 7) is 7.00. The summed E-state index contributed by atoms with van der Waals surface area (Å²) in [6.07, 6.45) is 2.40. The summed E-state index contributed by atoms with van der Waals surface area (Å²) in [5.74, 6) is 0.804. The summed E-state index contributed by atoms with van der Waals surface area (Å²) in [5.41, 5.74) is 1.93. The van der Waals surface area contributed by atoms with Crippen molar-refractivity contribution < 1.29 is 4.79 Å². The first-order valence-electron chi connectivity index (χ1n) is 8.03. The minimum Gasteiger partial charge on any atom is -0.355 e. The summed E-state index contributed by atoms with van der Waals surface area (Å²) >= 11 is 0. The fourth-order valence-electron chi connectivity index (χ4n) is 3.36. The highest BCUT2D eigenvalue weighted by Gasteiger charge is 2.66. The molecule has 1 aliphatic carbocycles.